The van der Waals surface area contributed by atoms with Crippen LogP contribution in [0.15, 0.2) is 40.3 Å². The largest absolute Gasteiger partial charge is 0.392 e. The van der Waals surface area contributed by atoms with Crippen LogP contribution in [0.3, 0.4) is 0 Å². The molecule has 122 valence electrons. The van der Waals surface area contributed by atoms with Crippen LogP contribution in [0.5, 0.6) is 0 Å². The molecule has 1 aromatic carbocycles. The van der Waals surface area contributed by atoms with Crippen LogP contribution in [-0.2, 0) is 10.8 Å². The number of hydrogen-bond donors (Lipinski definition) is 1. The highest BCUT2D eigenvalue weighted by molar-refractivity contribution is 8.05. The third-order valence-electron chi connectivity index (χ3n) is 2.90. The van der Waals surface area contributed by atoms with E-state index in [1.54, 1.807) is 24.3 Å². The molecule has 0 saturated heterocycles. The molecule has 0 aliphatic heterocycles. The molecular formula is C16H18ClN3OS2. The zero-order chi connectivity index (χ0) is 17.0. The summed E-state index contributed by atoms with van der Waals surface area (Å²) in [6, 6.07) is 8.80. The van der Waals surface area contributed by atoms with Gasteiger partial charge < -0.3 is 5.73 Å². The Morgan fingerprint density at radius 2 is 1.91 bits per heavy atom. The summed E-state index contributed by atoms with van der Waals surface area (Å²) in [6.45, 7) is 5.74. The molecule has 2 rings (SSSR count). The standard InChI is InChI=1S/C16H18ClN3OS2/c1-4-22-15(18)14(16-19-10(2)8-11(3)20-16)23(21)13-7-5-6-12(17)9-13/h5-9H,4,18H2,1-3H3/t23-/m0/s1. The Labute approximate surface area is 148 Å². The average Bonchev–Trinajstić information content (AvgIpc) is 2.46. The summed E-state index contributed by atoms with van der Waals surface area (Å²) in [7, 11) is -1.51. The fourth-order valence-corrected chi connectivity index (χ4v) is 4.34. The van der Waals surface area contributed by atoms with Gasteiger partial charge in [0, 0.05) is 21.3 Å². The maximum absolute atomic E-state index is 13.1. The SMILES string of the molecule is CCSC(N)=C(c1nc(C)cc(C)n1)[S@@](=O)c1cccc(Cl)c1. The van der Waals surface area contributed by atoms with E-state index in [2.05, 4.69) is 9.97 Å². The number of hydrogen-bond acceptors (Lipinski definition) is 5. The fraction of sp³-hybridized carbons (Fsp3) is 0.250. The van der Waals surface area contributed by atoms with Gasteiger partial charge in [-0.1, -0.05) is 24.6 Å². The minimum atomic E-state index is -1.51. The first-order valence-electron chi connectivity index (χ1n) is 7.05. The number of aryl methyl sites for hydroxylation is 2. The molecule has 1 atom stereocenters. The topological polar surface area (TPSA) is 68.9 Å². The predicted octanol–water partition coefficient (Wildman–Crippen LogP) is 3.89. The Balaban J connectivity index is 2.59. The number of nitrogens with two attached hydrogens (primary N) is 1. The maximum Gasteiger partial charge on any atom is 0.171 e. The van der Waals surface area contributed by atoms with E-state index in [9.17, 15) is 4.21 Å². The number of halogens is 1. The molecule has 1 heterocycles. The normalized spacial score (nSPS) is 13.6. The van der Waals surface area contributed by atoms with Crippen LogP contribution in [0.1, 0.15) is 24.1 Å². The number of benzene rings is 1. The van der Waals surface area contributed by atoms with Crippen molar-refractivity contribution in [1.82, 2.24) is 9.97 Å². The van der Waals surface area contributed by atoms with Crippen LogP contribution in [0, 0.1) is 13.8 Å². The molecule has 0 radical (unpaired) electrons. The van der Waals surface area contributed by atoms with E-state index in [0.29, 0.717) is 25.7 Å². The van der Waals surface area contributed by atoms with E-state index in [4.69, 9.17) is 17.3 Å². The van der Waals surface area contributed by atoms with Crippen molar-refractivity contribution in [2.75, 3.05) is 5.75 Å². The Bertz CT molecular complexity index is 757. The summed E-state index contributed by atoms with van der Waals surface area (Å²) in [5.41, 5.74) is 7.79. The van der Waals surface area contributed by atoms with Crippen molar-refractivity contribution in [1.29, 1.82) is 0 Å². The molecule has 2 N–H and O–H groups in total. The first-order valence-corrected chi connectivity index (χ1v) is 9.56. The zero-order valence-corrected chi connectivity index (χ0v) is 15.6. The van der Waals surface area contributed by atoms with Crippen LogP contribution in [0.25, 0.3) is 4.91 Å². The van der Waals surface area contributed by atoms with Gasteiger partial charge in [-0.05, 0) is 43.9 Å². The third-order valence-corrected chi connectivity index (χ3v) is 5.53. The van der Waals surface area contributed by atoms with E-state index >= 15 is 0 Å². The van der Waals surface area contributed by atoms with Crippen molar-refractivity contribution < 1.29 is 4.21 Å². The second-order valence-electron chi connectivity index (χ2n) is 4.83. The Hall–Kier alpha value is -1.37. The minimum Gasteiger partial charge on any atom is -0.392 e. The molecule has 0 fully saturated rings. The second kappa shape index (κ2) is 7.95. The molecule has 0 bridgehead atoms. The van der Waals surface area contributed by atoms with E-state index in [-0.39, 0.29) is 0 Å². The molecule has 0 unspecified atom stereocenters. The summed E-state index contributed by atoms with van der Waals surface area (Å²) in [4.78, 5) is 9.85. The van der Waals surface area contributed by atoms with Crippen molar-refractivity contribution in [2.45, 2.75) is 25.7 Å². The molecule has 0 aliphatic carbocycles. The Morgan fingerprint density at radius 1 is 1.26 bits per heavy atom. The van der Waals surface area contributed by atoms with E-state index in [1.165, 1.54) is 11.8 Å². The van der Waals surface area contributed by atoms with Crippen LogP contribution in [0.4, 0.5) is 0 Å². The molecule has 0 spiro atoms. The predicted molar refractivity (Wildman–Crippen MR) is 98.6 cm³/mol. The molecule has 0 saturated carbocycles. The van der Waals surface area contributed by atoms with Crippen molar-refractivity contribution in [2.24, 2.45) is 5.73 Å². The summed E-state index contributed by atoms with van der Waals surface area (Å²) in [5.74, 6) is 1.17. The van der Waals surface area contributed by atoms with Crippen molar-refractivity contribution in [3.8, 4) is 0 Å². The van der Waals surface area contributed by atoms with Gasteiger partial charge in [-0.2, -0.15) is 0 Å². The van der Waals surface area contributed by atoms with Gasteiger partial charge in [0.2, 0.25) is 0 Å². The van der Waals surface area contributed by atoms with Gasteiger partial charge in [0.25, 0.3) is 0 Å². The highest BCUT2D eigenvalue weighted by atomic mass is 35.5. The van der Waals surface area contributed by atoms with Gasteiger partial charge in [0.05, 0.1) is 15.8 Å². The van der Waals surface area contributed by atoms with Gasteiger partial charge in [0.15, 0.2) is 5.82 Å². The zero-order valence-electron chi connectivity index (χ0n) is 13.2. The lowest BCUT2D eigenvalue weighted by Crippen LogP contribution is -2.09. The number of aromatic nitrogens is 2. The number of nitrogens with zero attached hydrogens (tertiary/aromatic N) is 2. The lowest BCUT2D eigenvalue weighted by Gasteiger charge is -2.11. The van der Waals surface area contributed by atoms with Crippen LogP contribution >= 0.6 is 23.4 Å². The van der Waals surface area contributed by atoms with Crippen molar-refractivity contribution in [3.63, 3.8) is 0 Å². The Kier molecular flexibility index (Phi) is 6.21. The molecule has 2 aromatic rings. The monoisotopic (exact) mass is 367 g/mol. The molecule has 0 aliphatic rings. The lowest BCUT2D eigenvalue weighted by molar-refractivity contribution is 0.688. The van der Waals surface area contributed by atoms with Crippen molar-refractivity contribution >= 4 is 39.1 Å². The van der Waals surface area contributed by atoms with E-state index < -0.39 is 10.8 Å². The number of rotatable bonds is 5. The van der Waals surface area contributed by atoms with Gasteiger partial charge in [-0.25, -0.2) is 14.2 Å². The molecule has 0 amide bonds. The smallest absolute Gasteiger partial charge is 0.171 e. The molecule has 23 heavy (non-hydrogen) atoms. The van der Waals surface area contributed by atoms with Crippen molar-refractivity contribution in [3.05, 3.63) is 57.6 Å². The first-order chi connectivity index (χ1) is 10.9. The fourth-order valence-electron chi connectivity index (χ4n) is 2.03. The molecule has 7 heteroatoms. The number of thioether (sulfide) groups is 1. The second-order valence-corrected chi connectivity index (χ2v) is 7.99. The van der Waals surface area contributed by atoms with E-state index in [0.717, 1.165) is 17.1 Å². The summed E-state index contributed by atoms with van der Waals surface area (Å²) < 4.78 is 13.1. The van der Waals surface area contributed by atoms with Gasteiger partial charge in [0.1, 0.15) is 4.91 Å². The minimum absolute atomic E-state index is 0.402. The first kappa shape index (κ1) is 18.0. The molecule has 4 nitrogen and oxygen atoms in total. The summed E-state index contributed by atoms with van der Waals surface area (Å²) in [5, 5.41) is 0.995. The highest BCUT2D eigenvalue weighted by Gasteiger charge is 2.20. The average molecular weight is 368 g/mol. The molecular weight excluding hydrogens is 350 g/mol. The van der Waals surface area contributed by atoms with Gasteiger partial charge in [-0.3, -0.25) is 0 Å². The van der Waals surface area contributed by atoms with Crippen LogP contribution in [0.2, 0.25) is 5.02 Å². The van der Waals surface area contributed by atoms with Crippen LogP contribution in [-0.4, -0.2) is 19.9 Å². The lowest BCUT2D eigenvalue weighted by atomic mass is 10.3. The third kappa shape index (κ3) is 4.56. The van der Waals surface area contributed by atoms with E-state index in [1.807, 2.05) is 26.8 Å². The summed E-state index contributed by atoms with van der Waals surface area (Å²) in [6.07, 6.45) is 0. The highest BCUT2D eigenvalue weighted by Crippen LogP contribution is 2.29. The summed E-state index contributed by atoms with van der Waals surface area (Å²) >= 11 is 7.44. The van der Waals surface area contributed by atoms with Crippen LogP contribution < -0.4 is 5.73 Å². The van der Waals surface area contributed by atoms with Gasteiger partial charge >= 0.3 is 0 Å². The molecule has 1 aromatic heterocycles. The quantitative estimate of drug-likeness (QED) is 0.868. The maximum atomic E-state index is 13.1. The Morgan fingerprint density at radius 3 is 2.48 bits per heavy atom. The van der Waals surface area contributed by atoms with Gasteiger partial charge in [-0.15, -0.1) is 11.8 Å².